The normalized spacial score (nSPS) is 22.6. The van der Waals surface area contributed by atoms with Crippen LogP contribution in [0.4, 0.5) is 18.9 Å². The number of H-pyrrole nitrogens is 1. The second kappa shape index (κ2) is 10.5. The summed E-state index contributed by atoms with van der Waals surface area (Å²) in [6.07, 6.45) is -1.75. The van der Waals surface area contributed by atoms with Crippen molar-refractivity contribution in [1.82, 2.24) is 20.0 Å². The van der Waals surface area contributed by atoms with Gasteiger partial charge in [0, 0.05) is 44.6 Å². The van der Waals surface area contributed by atoms with E-state index in [1.165, 1.54) is 12.1 Å². The third kappa shape index (κ3) is 5.35. The number of likely N-dealkylation sites (tertiary alicyclic amines) is 1. The van der Waals surface area contributed by atoms with Crippen LogP contribution in [0.2, 0.25) is 0 Å². The van der Waals surface area contributed by atoms with Crippen LogP contribution in [-0.2, 0) is 22.1 Å². The Morgan fingerprint density at radius 1 is 1.29 bits per heavy atom. The zero-order valence-corrected chi connectivity index (χ0v) is 21.6. The summed E-state index contributed by atoms with van der Waals surface area (Å²) in [5.41, 5.74) is 1.24. The number of carbonyl (C=O) groups is 1. The molecule has 2 aliphatic rings. The highest BCUT2D eigenvalue weighted by Gasteiger charge is 2.40. The van der Waals surface area contributed by atoms with Crippen molar-refractivity contribution >= 4 is 22.5 Å². The molecule has 0 radical (unpaired) electrons. The van der Waals surface area contributed by atoms with Gasteiger partial charge in [-0.3, -0.25) is 9.69 Å². The summed E-state index contributed by atoms with van der Waals surface area (Å²) in [4.78, 5) is 24.8. The van der Waals surface area contributed by atoms with Crippen molar-refractivity contribution < 1.29 is 27.2 Å². The maximum Gasteiger partial charge on any atom is 0.418 e. The van der Waals surface area contributed by atoms with Crippen molar-refractivity contribution in [2.24, 2.45) is 5.92 Å². The van der Waals surface area contributed by atoms with Gasteiger partial charge in [-0.15, -0.1) is 6.58 Å². The number of nitrogens with one attached hydrogen (secondary N) is 1. The predicted molar refractivity (Wildman–Crippen MR) is 136 cm³/mol. The summed E-state index contributed by atoms with van der Waals surface area (Å²) < 4.78 is 51.5. The van der Waals surface area contributed by atoms with Gasteiger partial charge in [-0.1, -0.05) is 17.3 Å². The first-order valence-electron chi connectivity index (χ1n) is 12.8. The number of Topliss-reactive ketones (excluding diaryl/α,β-unsaturated/α-hetero) is 1. The fourth-order valence-corrected chi connectivity index (χ4v) is 5.87. The highest BCUT2D eigenvalue weighted by Crippen LogP contribution is 2.35. The quantitative estimate of drug-likeness (QED) is 0.408. The number of aromatic nitrogens is 3. The van der Waals surface area contributed by atoms with Crippen LogP contribution < -0.4 is 4.90 Å². The van der Waals surface area contributed by atoms with Gasteiger partial charge in [0.25, 0.3) is 0 Å². The fraction of sp³-hybridized carbons (Fsp3) is 0.519. The monoisotopic (exact) mass is 531 g/mol. The molecule has 3 aromatic rings. The van der Waals surface area contributed by atoms with E-state index in [9.17, 15) is 18.0 Å². The number of ketones is 1. The van der Waals surface area contributed by atoms with Gasteiger partial charge < -0.3 is 19.1 Å². The van der Waals surface area contributed by atoms with Crippen LogP contribution in [0.3, 0.4) is 0 Å². The number of aromatic amines is 1. The first kappa shape index (κ1) is 26.4. The van der Waals surface area contributed by atoms with Crippen molar-refractivity contribution in [2.45, 2.75) is 51.4 Å². The van der Waals surface area contributed by atoms with Crippen molar-refractivity contribution in [2.75, 3.05) is 37.7 Å². The largest absolute Gasteiger partial charge is 0.418 e. The van der Waals surface area contributed by atoms with Gasteiger partial charge in [-0.2, -0.15) is 13.2 Å². The van der Waals surface area contributed by atoms with E-state index in [0.717, 1.165) is 42.7 Å². The van der Waals surface area contributed by atoms with E-state index >= 15 is 0 Å². The van der Waals surface area contributed by atoms with E-state index in [0.29, 0.717) is 25.7 Å². The summed E-state index contributed by atoms with van der Waals surface area (Å²) in [6.45, 7) is 11.2. The molecule has 1 aromatic carbocycles. The van der Waals surface area contributed by atoms with E-state index in [1.54, 1.807) is 6.08 Å². The van der Waals surface area contributed by atoms with Crippen molar-refractivity contribution in [3.05, 3.63) is 53.7 Å². The van der Waals surface area contributed by atoms with Gasteiger partial charge in [0.05, 0.1) is 30.2 Å². The Bertz CT molecular complexity index is 1300. The maximum atomic E-state index is 13.4. The van der Waals surface area contributed by atoms with E-state index in [4.69, 9.17) is 9.26 Å². The number of hydrogen-bond acceptors (Lipinski definition) is 7. The van der Waals surface area contributed by atoms with Crippen LogP contribution in [0.5, 0.6) is 0 Å². The van der Waals surface area contributed by atoms with Crippen LogP contribution >= 0.6 is 0 Å². The molecule has 8 nitrogen and oxygen atoms in total. The molecule has 2 aromatic heterocycles. The SMILES string of the molecule is C=CCO[C@H]1CN(C2CCN(c3c(C)noc3C)C2)CC1CC(=O)Cc1nc2c(C(F)(F)F)cccc2[nH]1. The third-order valence-electron chi connectivity index (χ3n) is 7.55. The average Bonchev–Trinajstić information content (AvgIpc) is 3.63. The van der Waals surface area contributed by atoms with Crippen LogP contribution in [0.25, 0.3) is 11.0 Å². The Morgan fingerprint density at radius 2 is 2.11 bits per heavy atom. The highest BCUT2D eigenvalue weighted by atomic mass is 19.4. The number of hydrogen-bond donors (Lipinski definition) is 1. The summed E-state index contributed by atoms with van der Waals surface area (Å²) in [5, 5.41) is 4.08. The minimum Gasteiger partial charge on any atom is -0.372 e. The smallest absolute Gasteiger partial charge is 0.372 e. The first-order chi connectivity index (χ1) is 18.1. The molecule has 2 saturated heterocycles. The summed E-state index contributed by atoms with van der Waals surface area (Å²) in [6, 6.07) is 4.18. The number of alkyl halides is 3. The van der Waals surface area contributed by atoms with Gasteiger partial charge in [-0.25, -0.2) is 4.98 Å². The van der Waals surface area contributed by atoms with Gasteiger partial charge in [0.1, 0.15) is 28.5 Å². The number of imidazole rings is 1. The van der Waals surface area contributed by atoms with Crippen molar-refractivity contribution in [3.8, 4) is 0 Å². The molecular weight excluding hydrogens is 499 g/mol. The van der Waals surface area contributed by atoms with Crippen molar-refractivity contribution in [1.29, 1.82) is 0 Å². The number of ether oxygens (including phenoxy) is 1. The minimum absolute atomic E-state index is 0.0225. The van der Waals surface area contributed by atoms with Gasteiger partial charge in [0.2, 0.25) is 0 Å². The zero-order chi connectivity index (χ0) is 27.0. The number of nitrogens with zero attached hydrogens (tertiary/aromatic N) is 4. The predicted octanol–water partition coefficient (Wildman–Crippen LogP) is 4.47. The Kier molecular flexibility index (Phi) is 7.32. The number of aryl methyl sites for hydroxylation is 2. The molecule has 2 unspecified atom stereocenters. The first-order valence-corrected chi connectivity index (χ1v) is 12.8. The molecule has 0 amide bonds. The molecule has 4 heterocycles. The van der Waals surface area contributed by atoms with Crippen LogP contribution in [0.15, 0.2) is 35.4 Å². The zero-order valence-electron chi connectivity index (χ0n) is 21.6. The maximum absolute atomic E-state index is 13.4. The standard InChI is InChI=1S/C27H32F3N5O3/c1-4-10-37-23-15-35(19-8-9-34(14-19)26-16(2)33-38-17(26)3)13-18(23)11-20(36)12-24-31-22-7-5-6-21(25(22)32-24)27(28,29)30/h4-7,18-19,23H,1,8-15H2,2-3H3,(H,31,32)/t18?,19?,23-/m0/s1. The van der Waals surface area contributed by atoms with E-state index in [1.807, 2.05) is 13.8 Å². The van der Waals surface area contributed by atoms with Crippen molar-refractivity contribution in [3.63, 3.8) is 0 Å². The minimum atomic E-state index is -4.51. The molecular formula is C27H32F3N5O3. The molecule has 3 atom stereocenters. The molecule has 11 heteroatoms. The van der Waals surface area contributed by atoms with Crippen LogP contribution in [0, 0.1) is 19.8 Å². The molecule has 38 heavy (non-hydrogen) atoms. The molecule has 0 bridgehead atoms. The molecule has 0 spiro atoms. The third-order valence-corrected chi connectivity index (χ3v) is 7.55. The summed E-state index contributed by atoms with van der Waals surface area (Å²) >= 11 is 0. The van der Waals surface area contributed by atoms with E-state index < -0.39 is 11.7 Å². The number of halogens is 3. The number of rotatable bonds is 9. The number of carbonyl (C=O) groups excluding carboxylic acids is 1. The van der Waals surface area contributed by atoms with E-state index in [2.05, 4.69) is 31.5 Å². The fourth-order valence-electron chi connectivity index (χ4n) is 5.87. The second-order valence-corrected chi connectivity index (χ2v) is 10.2. The number of fused-ring (bicyclic) bond motifs is 1. The number of anilines is 1. The number of benzene rings is 1. The molecule has 0 saturated carbocycles. The Balaban J connectivity index is 1.25. The van der Waals surface area contributed by atoms with Gasteiger partial charge in [0.15, 0.2) is 5.76 Å². The molecule has 5 rings (SSSR count). The Hall–Kier alpha value is -3.18. The van der Waals surface area contributed by atoms with Crippen LogP contribution in [-0.4, -0.2) is 70.7 Å². The lowest BCUT2D eigenvalue weighted by Crippen LogP contribution is -2.37. The second-order valence-electron chi connectivity index (χ2n) is 10.2. The van der Waals surface area contributed by atoms with Crippen LogP contribution in [0.1, 0.15) is 35.7 Å². The lowest BCUT2D eigenvalue weighted by atomic mass is 9.97. The van der Waals surface area contributed by atoms with Gasteiger partial charge in [-0.05, 0) is 32.4 Å². The molecule has 2 aliphatic heterocycles. The Labute approximate surface area is 218 Å². The highest BCUT2D eigenvalue weighted by molar-refractivity contribution is 5.83. The molecule has 2 fully saturated rings. The van der Waals surface area contributed by atoms with Gasteiger partial charge >= 0.3 is 6.18 Å². The summed E-state index contributed by atoms with van der Waals surface area (Å²) in [5.74, 6) is 0.949. The summed E-state index contributed by atoms with van der Waals surface area (Å²) in [7, 11) is 0. The van der Waals surface area contributed by atoms with E-state index in [-0.39, 0.29) is 47.5 Å². The topological polar surface area (TPSA) is 87.5 Å². The lowest BCUT2D eigenvalue weighted by molar-refractivity contribution is -0.136. The molecule has 1 N–H and O–H groups in total. The molecule has 0 aliphatic carbocycles. The lowest BCUT2D eigenvalue weighted by Gasteiger charge is -2.25. The number of para-hydroxylation sites is 1. The molecule has 204 valence electrons. The Morgan fingerprint density at radius 3 is 2.82 bits per heavy atom. The average molecular weight is 532 g/mol.